The summed E-state index contributed by atoms with van der Waals surface area (Å²) in [7, 11) is 0. The number of ether oxygens (including phenoxy) is 1. The van der Waals surface area contributed by atoms with Crippen LogP contribution in [0.1, 0.15) is 36.2 Å². The fraction of sp³-hybridized carbons (Fsp3) is 0.240. The smallest absolute Gasteiger partial charge is 0.406 e. The van der Waals surface area contributed by atoms with Gasteiger partial charge in [0.1, 0.15) is 17.1 Å². The molecular weight excluding hydrogens is 481 g/mol. The van der Waals surface area contributed by atoms with Gasteiger partial charge in [0.2, 0.25) is 6.41 Å². The van der Waals surface area contributed by atoms with Gasteiger partial charge in [-0.05, 0) is 59.9 Å². The lowest BCUT2D eigenvalue weighted by Gasteiger charge is -2.14. The van der Waals surface area contributed by atoms with Gasteiger partial charge in [0.25, 0.3) is 0 Å². The number of hydrogen-bond donors (Lipinski definition) is 1. The fourth-order valence-corrected chi connectivity index (χ4v) is 3.77. The number of carbonyl (C=O) groups excluding carboxylic acids is 1. The molecule has 0 radical (unpaired) electrons. The Balaban J connectivity index is 0.00000108. The van der Waals surface area contributed by atoms with E-state index in [2.05, 4.69) is 22.4 Å². The Morgan fingerprint density at radius 1 is 1.11 bits per heavy atom. The van der Waals surface area contributed by atoms with Gasteiger partial charge in [-0.2, -0.15) is 0 Å². The van der Waals surface area contributed by atoms with Gasteiger partial charge in [-0.1, -0.05) is 42.8 Å². The number of fused-ring (bicyclic) bond motifs is 1. The number of pyridine rings is 1. The van der Waals surface area contributed by atoms with Crippen LogP contribution in [0.5, 0.6) is 5.75 Å². The van der Waals surface area contributed by atoms with E-state index in [1.54, 1.807) is 18.3 Å². The number of nitrogens with zero attached hydrogens (tertiary/aromatic N) is 3. The molecule has 2 heterocycles. The average Bonchev–Trinajstić information content (AvgIpc) is 3.16. The van der Waals surface area contributed by atoms with Crippen molar-refractivity contribution < 1.29 is 22.7 Å². The van der Waals surface area contributed by atoms with E-state index in [-0.39, 0.29) is 12.2 Å². The molecule has 0 spiro atoms. The number of imidazole rings is 1. The molecule has 0 fully saturated rings. The van der Waals surface area contributed by atoms with E-state index in [9.17, 15) is 13.2 Å². The Hall–Kier alpha value is -3.59. The second kappa shape index (κ2) is 11.7. The summed E-state index contributed by atoms with van der Waals surface area (Å²) in [5.74, 6) is 0.953. The predicted molar refractivity (Wildman–Crippen MR) is 128 cm³/mol. The third-order valence-corrected chi connectivity index (χ3v) is 5.57. The summed E-state index contributed by atoms with van der Waals surface area (Å²) in [6.07, 6.45) is -1.14. The third-order valence-electron chi connectivity index (χ3n) is 5.32. The molecule has 1 atom stereocenters. The Morgan fingerprint density at radius 2 is 1.77 bits per heavy atom. The highest BCUT2D eigenvalue weighted by Crippen LogP contribution is 2.26. The second-order valence-corrected chi connectivity index (χ2v) is 8.22. The zero-order valence-electron chi connectivity index (χ0n) is 18.9. The molecule has 0 aliphatic carbocycles. The van der Waals surface area contributed by atoms with Crippen LogP contribution >= 0.6 is 11.6 Å². The van der Waals surface area contributed by atoms with E-state index in [1.807, 2.05) is 41.0 Å². The summed E-state index contributed by atoms with van der Waals surface area (Å²) in [4.78, 5) is 17.8. The quantitative estimate of drug-likeness (QED) is 0.319. The lowest BCUT2D eigenvalue weighted by Crippen LogP contribution is -2.17. The molecule has 184 valence electrons. The standard InChI is InChI=1S/C24H21ClF3N3O.CH3NO/c1-16(18-7-9-19(25)10-8-18)4-13-22-30-21-3-2-14-29-23(21)31(22)15-17-5-11-20(12-6-17)32-24(26,27)28;2-1-3/h2-3,5-12,14,16H,4,13,15H2,1H3;1H,(H2,2,3). The highest BCUT2D eigenvalue weighted by molar-refractivity contribution is 6.30. The van der Waals surface area contributed by atoms with Crippen molar-refractivity contribution in [3.8, 4) is 5.75 Å². The van der Waals surface area contributed by atoms with Gasteiger partial charge in [0.15, 0.2) is 5.65 Å². The molecule has 0 bridgehead atoms. The molecule has 1 unspecified atom stereocenters. The number of alkyl halides is 3. The number of halogens is 4. The first-order valence-corrected chi connectivity index (χ1v) is 11.1. The number of carbonyl (C=O) groups is 1. The highest BCUT2D eigenvalue weighted by Gasteiger charge is 2.31. The van der Waals surface area contributed by atoms with Gasteiger partial charge in [0, 0.05) is 17.6 Å². The van der Waals surface area contributed by atoms with Crippen molar-refractivity contribution >= 4 is 29.2 Å². The number of aryl methyl sites for hydroxylation is 1. The molecule has 2 aromatic carbocycles. The molecule has 4 aromatic rings. The van der Waals surface area contributed by atoms with Crippen molar-refractivity contribution in [3.05, 3.63) is 88.8 Å². The maximum absolute atomic E-state index is 12.4. The zero-order valence-corrected chi connectivity index (χ0v) is 19.6. The largest absolute Gasteiger partial charge is 0.573 e. The first kappa shape index (κ1) is 26.0. The van der Waals surface area contributed by atoms with E-state index in [4.69, 9.17) is 21.4 Å². The molecular formula is C25H24ClF3N4O2. The first-order valence-electron chi connectivity index (χ1n) is 10.8. The van der Waals surface area contributed by atoms with Gasteiger partial charge in [-0.15, -0.1) is 13.2 Å². The number of nitrogens with two attached hydrogens (primary N) is 1. The molecule has 0 aliphatic heterocycles. The van der Waals surface area contributed by atoms with Gasteiger partial charge < -0.3 is 15.0 Å². The van der Waals surface area contributed by atoms with Gasteiger partial charge in [-0.25, -0.2) is 9.97 Å². The third kappa shape index (κ3) is 7.45. The van der Waals surface area contributed by atoms with Crippen LogP contribution in [0, 0.1) is 0 Å². The minimum Gasteiger partial charge on any atom is -0.406 e. The molecule has 0 aliphatic rings. The van der Waals surface area contributed by atoms with E-state index in [0.717, 1.165) is 35.4 Å². The Morgan fingerprint density at radius 3 is 2.40 bits per heavy atom. The molecule has 0 saturated carbocycles. The molecule has 4 rings (SSSR count). The van der Waals surface area contributed by atoms with Crippen LogP contribution < -0.4 is 10.5 Å². The van der Waals surface area contributed by atoms with Crippen molar-refractivity contribution in [3.63, 3.8) is 0 Å². The van der Waals surface area contributed by atoms with E-state index >= 15 is 0 Å². The minimum atomic E-state index is -4.71. The molecule has 35 heavy (non-hydrogen) atoms. The SMILES string of the molecule is CC(CCc1nc2cccnc2n1Cc1ccc(OC(F)(F)F)cc1)c1ccc(Cl)cc1.NC=O. The topological polar surface area (TPSA) is 83.0 Å². The van der Waals surface area contributed by atoms with Gasteiger partial charge in [-0.3, -0.25) is 4.79 Å². The van der Waals surface area contributed by atoms with Crippen molar-refractivity contribution in [2.24, 2.45) is 5.73 Å². The second-order valence-electron chi connectivity index (χ2n) is 7.78. The average molecular weight is 505 g/mol. The number of amides is 1. The number of rotatable bonds is 7. The van der Waals surface area contributed by atoms with Crippen LogP contribution in [0.2, 0.25) is 5.02 Å². The molecule has 0 saturated heterocycles. The van der Waals surface area contributed by atoms with Crippen molar-refractivity contribution in [1.82, 2.24) is 14.5 Å². The van der Waals surface area contributed by atoms with E-state index in [0.29, 0.717) is 17.5 Å². The van der Waals surface area contributed by atoms with Crippen LogP contribution in [0.3, 0.4) is 0 Å². The predicted octanol–water partition coefficient (Wildman–Crippen LogP) is 5.87. The van der Waals surface area contributed by atoms with Crippen LogP contribution in [0.4, 0.5) is 13.2 Å². The molecule has 2 aromatic heterocycles. The van der Waals surface area contributed by atoms with Crippen LogP contribution in [0.25, 0.3) is 11.2 Å². The molecule has 10 heteroatoms. The van der Waals surface area contributed by atoms with Gasteiger partial charge in [0.05, 0.1) is 6.54 Å². The molecule has 1 amide bonds. The Bertz CT molecular complexity index is 1240. The van der Waals surface area contributed by atoms with E-state index in [1.165, 1.54) is 17.7 Å². The van der Waals surface area contributed by atoms with Crippen LogP contribution in [0.15, 0.2) is 66.9 Å². The zero-order chi connectivity index (χ0) is 25.4. The lowest BCUT2D eigenvalue weighted by molar-refractivity contribution is -0.274. The summed E-state index contributed by atoms with van der Waals surface area (Å²) in [6.45, 7) is 2.61. The van der Waals surface area contributed by atoms with Crippen LogP contribution in [-0.2, 0) is 17.8 Å². The minimum absolute atomic E-state index is 0.244. The van der Waals surface area contributed by atoms with Crippen molar-refractivity contribution in [1.29, 1.82) is 0 Å². The summed E-state index contributed by atoms with van der Waals surface area (Å²) in [5, 5.41) is 0.709. The molecule has 6 nitrogen and oxygen atoms in total. The maximum Gasteiger partial charge on any atom is 0.573 e. The van der Waals surface area contributed by atoms with Crippen LogP contribution in [-0.4, -0.2) is 27.3 Å². The number of benzene rings is 2. The van der Waals surface area contributed by atoms with Crippen molar-refractivity contribution in [2.75, 3.05) is 0 Å². The summed E-state index contributed by atoms with van der Waals surface area (Å²) >= 11 is 5.99. The van der Waals surface area contributed by atoms with Gasteiger partial charge >= 0.3 is 6.36 Å². The summed E-state index contributed by atoms with van der Waals surface area (Å²) in [5.41, 5.74) is 7.74. The van der Waals surface area contributed by atoms with E-state index < -0.39 is 6.36 Å². The Kier molecular flexibility index (Phi) is 8.70. The summed E-state index contributed by atoms with van der Waals surface area (Å²) in [6, 6.07) is 17.5. The number of aromatic nitrogens is 3. The number of primary amides is 1. The maximum atomic E-state index is 12.4. The normalized spacial score (nSPS) is 12.0. The van der Waals surface area contributed by atoms with Crippen molar-refractivity contribution in [2.45, 2.75) is 38.6 Å². The lowest BCUT2D eigenvalue weighted by atomic mass is 9.96. The fourth-order valence-electron chi connectivity index (χ4n) is 3.65. The molecule has 2 N–H and O–H groups in total. The highest BCUT2D eigenvalue weighted by atomic mass is 35.5. The number of hydrogen-bond acceptors (Lipinski definition) is 4. The monoisotopic (exact) mass is 504 g/mol. The Labute approximate surface area is 205 Å². The first-order chi connectivity index (χ1) is 16.7. The summed E-state index contributed by atoms with van der Waals surface area (Å²) < 4.78 is 43.2.